The third-order valence-electron chi connectivity index (χ3n) is 5.99. The van der Waals surface area contributed by atoms with E-state index in [2.05, 4.69) is 20.9 Å². The van der Waals surface area contributed by atoms with Crippen molar-refractivity contribution < 1.29 is 18.7 Å². The Morgan fingerprint density at radius 3 is 2.19 bits per heavy atom. The molecule has 3 aromatic rings. The lowest BCUT2D eigenvalue weighted by atomic mass is 10.1. The van der Waals surface area contributed by atoms with Crippen molar-refractivity contribution in [1.29, 1.82) is 0 Å². The number of amides is 3. The van der Waals surface area contributed by atoms with E-state index < -0.39 is 12.1 Å². The topological polar surface area (TPSA) is 82.7 Å². The average Bonchev–Trinajstić information content (AvgIpc) is 3.40. The van der Waals surface area contributed by atoms with Crippen LogP contribution in [-0.4, -0.2) is 49.1 Å². The van der Waals surface area contributed by atoms with Gasteiger partial charge in [-0.2, -0.15) is 0 Å². The van der Waals surface area contributed by atoms with E-state index in [1.807, 2.05) is 30.3 Å². The van der Waals surface area contributed by atoms with E-state index in [0.717, 1.165) is 25.2 Å². The molecule has 1 saturated heterocycles. The zero-order valence-corrected chi connectivity index (χ0v) is 20.1. The van der Waals surface area contributed by atoms with E-state index in [9.17, 15) is 14.0 Å². The van der Waals surface area contributed by atoms with Crippen molar-refractivity contribution in [3.05, 3.63) is 90.2 Å². The lowest BCUT2D eigenvalue weighted by Crippen LogP contribution is -2.50. The Hall–Kier alpha value is -3.91. The summed E-state index contributed by atoms with van der Waals surface area (Å²) in [5.41, 5.74) is 1.51. The fraction of sp³-hybridized carbons (Fsp3) is 0.286. The van der Waals surface area contributed by atoms with Crippen LogP contribution in [0.2, 0.25) is 0 Å². The predicted octanol–water partition coefficient (Wildman–Crippen LogP) is 4.56. The second kappa shape index (κ2) is 12.7. The van der Waals surface area contributed by atoms with Gasteiger partial charge in [0.05, 0.1) is 0 Å². The monoisotopic (exact) mass is 490 g/mol. The number of hydrogen-bond donors (Lipinski definition) is 3. The van der Waals surface area contributed by atoms with Gasteiger partial charge in [-0.25, -0.2) is 9.18 Å². The van der Waals surface area contributed by atoms with Gasteiger partial charge < -0.3 is 25.6 Å². The maximum atomic E-state index is 13.1. The molecule has 3 amide bonds. The number of hydrogen-bond acceptors (Lipinski definition) is 4. The van der Waals surface area contributed by atoms with Crippen LogP contribution in [0.1, 0.15) is 18.4 Å². The zero-order chi connectivity index (χ0) is 25.2. The van der Waals surface area contributed by atoms with Gasteiger partial charge in [-0.1, -0.05) is 30.3 Å². The number of rotatable bonds is 10. The fourth-order valence-electron chi connectivity index (χ4n) is 4.10. The van der Waals surface area contributed by atoms with Crippen molar-refractivity contribution in [3.8, 4) is 11.5 Å². The Morgan fingerprint density at radius 1 is 0.889 bits per heavy atom. The van der Waals surface area contributed by atoms with E-state index in [0.29, 0.717) is 30.2 Å². The van der Waals surface area contributed by atoms with Gasteiger partial charge in [0.2, 0.25) is 5.91 Å². The molecule has 3 N–H and O–H groups in total. The van der Waals surface area contributed by atoms with Crippen LogP contribution < -0.4 is 20.7 Å². The Kier molecular flexibility index (Phi) is 8.88. The Bertz CT molecular complexity index is 1120. The van der Waals surface area contributed by atoms with Crippen molar-refractivity contribution >= 4 is 17.6 Å². The molecule has 1 aliphatic rings. The summed E-state index contributed by atoms with van der Waals surface area (Å²) in [6, 6.07) is 20.9. The molecule has 3 aromatic carbocycles. The van der Waals surface area contributed by atoms with Crippen molar-refractivity contribution in [2.75, 3.05) is 31.5 Å². The van der Waals surface area contributed by atoms with E-state index in [1.165, 1.54) is 37.1 Å². The predicted molar refractivity (Wildman–Crippen MR) is 138 cm³/mol. The van der Waals surface area contributed by atoms with Crippen molar-refractivity contribution in [2.24, 2.45) is 0 Å². The van der Waals surface area contributed by atoms with Crippen molar-refractivity contribution in [1.82, 2.24) is 15.5 Å². The van der Waals surface area contributed by atoms with E-state index in [4.69, 9.17) is 4.74 Å². The normalized spacial score (nSPS) is 14.1. The smallest absolute Gasteiger partial charge is 0.319 e. The Morgan fingerprint density at radius 2 is 1.53 bits per heavy atom. The molecule has 4 rings (SSSR count). The number of ether oxygens (including phenoxy) is 1. The Labute approximate surface area is 210 Å². The lowest BCUT2D eigenvalue weighted by Gasteiger charge is -2.20. The number of carbonyl (C=O) groups is 2. The highest BCUT2D eigenvalue weighted by Gasteiger charge is 2.22. The molecule has 1 atom stereocenters. The van der Waals surface area contributed by atoms with E-state index >= 15 is 0 Å². The van der Waals surface area contributed by atoms with Gasteiger partial charge in [-0.05, 0) is 80.0 Å². The third kappa shape index (κ3) is 7.81. The minimum atomic E-state index is -0.716. The summed E-state index contributed by atoms with van der Waals surface area (Å²) in [5, 5.41) is 8.55. The standard InChI is InChI=1S/C28H31FN4O3/c29-22-8-12-24(13-9-22)36-25-14-10-23(11-15-25)31-28(35)32-26(20-21-6-2-1-3-7-21)27(34)30-16-19-33-17-4-5-18-33/h1-3,6-15,26H,4-5,16-20H2,(H,30,34)(H2,31,32,35)/t26-/m0/s1. The summed E-state index contributed by atoms with van der Waals surface area (Å²) in [7, 11) is 0. The summed E-state index contributed by atoms with van der Waals surface area (Å²) in [6.45, 7) is 3.49. The van der Waals surface area contributed by atoms with Gasteiger partial charge >= 0.3 is 6.03 Å². The lowest BCUT2D eigenvalue weighted by molar-refractivity contribution is -0.122. The molecule has 8 heteroatoms. The minimum Gasteiger partial charge on any atom is -0.457 e. The summed E-state index contributed by atoms with van der Waals surface area (Å²) in [6.07, 6.45) is 2.78. The summed E-state index contributed by atoms with van der Waals surface area (Å²) < 4.78 is 18.7. The number of carbonyl (C=O) groups excluding carboxylic acids is 2. The van der Waals surface area contributed by atoms with Gasteiger partial charge in [0.1, 0.15) is 23.4 Å². The summed E-state index contributed by atoms with van der Waals surface area (Å²) in [5.74, 6) is 0.510. The number of urea groups is 1. The molecule has 188 valence electrons. The van der Waals surface area contributed by atoms with Crippen LogP contribution in [0, 0.1) is 5.82 Å². The van der Waals surface area contributed by atoms with Gasteiger partial charge in [0, 0.05) is 25.2 Å². The van der Waals surface area contributed by atoms with E-state index in [1.54, 1.807) is 24.3 Å². The molecule has 0 aromatic heterocycles. The first-order chi connectivity index (χ1) is 17.5. The van der Waals surface area contributed by atoms with Gasteiger partial charge in [0.15, 0.2) is 0 Å². The third-order valence-corrected chi connectivity index (χ3v) is 5.99. The quantitative estimate of drug-likeness (QED) is 0.389. The molecule has 0 unspecified atom stereocenters. The van der Waals surface area contributed by atoms with Crippen LogP contribution in [0.3, 0.4) is 0 Å². The second-order valence-electron chi connectivity index (χ2n) is 8.76. The van der Waals surface area contributed by atoms with Gasteiger partial charge in [0.25, 0.3) is 0 Å². The molecule has 36 heavy (non-hydrogen) atoms. The van der Waals surface area contributed by atoms with Crippen LogP contribution in [0.5, 0.6) is 11.5 Å². The maximum absolute atomic E-state index is 13.1. The van der Waals surface area contributed by atoms with Crippen molar-refractivity contribution in [2.45, 2.75) is 25.3 Å². The molecule has 1 aliphatic heterocycles. The number of likely N-dealkylation sites (tertiary alicyclic amines) is 1. The number of benzene rings is 3. The van der Waals surface area contributed by atoms with E-state index in [-0.39, 0.29) is 11.7 Å². The van der Waals surface area contributed by atoms with Crippen LogP contribution in [0.15, 0.2) is 78.9 Å². The molecule has 0 radical (unpaired) electrons. The summed E-state index contributed by atoms with van der Waals surface area (Å²) in [4.78, 5) is 28.0. The molecule has 0 bridgehead atoms. The molecule has 1 heterocycles. The zero-order valence-electron chi connectivity index (χ0n) is 20.1. The highest BCUT2D eigenvalue weighted by Crippen LogP contribution is 2.23. The highest BCUT2D eigenvalue weighted by molar-refractivity contribution is 5.93. The summed E-state index contributed by atoms with van der Waals surface area (Å²) >= 11 is 0. The van der Waals surface area contributed by atoms with Crippen LogP contribution in [-0.2, 0) is 11.2 Å². The molecule has 7 nitrogen and oxygen atoms in total. The molecule has 0 aliphatic carbocycles. The number of nitrogens with zero attached hydrogens (tertiary/aromatic N) is 1. The van der Waals surface area contributed by atoms with Gasteiger partial charge in [-0.3, -0.25) is 4.79 Å². The number of nitrogens with one attached hydrogen (secondary N) is 3. The molecular weight excluding hydrogens is 459 g/mol. The second-order valence-corrected chi connectivity index (χ2v) is 8.76. The molecule has 1 fully saturated rings. The Balaban J connectivity index is 1.32. The minimum absolute atomic E-state index is 0.212. The molecule has 0 spiro atoms. The van der Waals surface area contributed by atoms with Gasteiger partial charge in [-0.15, -0.1) is 0 Å². The fourth-order valence-corrected chi connectivity index (χ4v) is 4.10. The SMILES string of the molecule is O=C(Nc1ccc(Oc2ccc(F)cc2)cc1)N[C@@H](Cc1ccccc1)C(=O)NCCN1CCCC1. The average molecular weight is 491 g/mol. The first kappa shape index (κ1) is 25.2. The van der Waals surface area contributed by atoms with Crippen LogP contribution >= 0.6 is 0 Å². The number of halogens is 1. The molecular formula is C28H31FN4O3. The largest absolute Gasteiger partial charge is 0.457 e. The first-order valence-corrected chi connectivity index (χ1v) is 12.2. The van der Waals surface area contributed by atoms with Crippen molar-refractivity contribution in [3.63, 3.8) is 0 Å². The maximum Gasteiger partial charge on any atom is 0.319 e. The highest BCUT2D eigenvalue weighted by atomic mass is 19.1. The number of anilines is 1. The van der Waals surface area contributed by atoms with Crippen LogP contribution in [0.4, 0.5) is 14.9 Å². The molecule has 0 saturated carbocycles. The first-order valence-electron chi connectivity index (χ1n) is 12.2. The van der Waals surface area contributed by atoms with Crippen LogP contribution in [0.25, 0.3) is 0 Å².